The highest BCUT2D eigenvalue weighted by Crippen LogP contribution is 2.29. The molecule has 0 aliphatic heterocycles. The second-order valence-corrected chi connectivity index (χ2v) is 7.11. The van der Waals surface area contributed by atoms with Crippen molar-refractivity contribution in [3.8, 4) is 11.5 Å². The van der Waals surface area contributed by atoms with E-state index in [1.165, 1.54) is 23.9 Å². The molecular weight excluding hydrogens is 408 g/mol. The maximum absolute atomic E-state index is 12.8. The molecule has 0 radical (unpaired) electrons. The molecule has 1 amide bonds. The summed E-state index contributed by atoms with van der Waals surface area (Å²) in [6, 6.07) is 11.3. The molecule has 0 spiro atoms. The molecule has 1 N–H and O–H groups in total. The molecule has 0 fully saturated rings. The number of halogens is 2. The lowest BCUT2D eigenvalue weighted by molar-refractivity contribution is -0.0512. The number of rotatable bonds is 8. The minimum absolute atomic E-state index is 0.0713. The summed E-state index contributed by atoms with van der Waals surface area (Å²) in [6.45, 7) is 0.886. The Hall–Kier alpha value is -3.49. The molecule has 1 heterocycles. The van der Waals surface area contributed by atoms with Crippen LogP contribution in [0.2, 0.25) is 0 Å². The Morgan fingerprint density at radius 3 is 2.48 bits per heavy atom. The van der Waals surface area contributed by atoms with Crippen LogP contribution >= 0.6 is 0 Å². The van der Waals surface area contributed by atoms with Crippen molar-refractivity contribution < 1.29 is 23.0 Å². The van der Waals surface area contributed by atoms with Crippen molar-refractivity contribution in [3.05, 3.63) is 64.1 Å². The first kappa shape index (κ1) is 22.2. The first-order valence-electron chi connectivity index (χ1n) is 9.73. The maximum Gasteiger partial charge on any atom is 0.387 e. The molecule has 7 nitrogen and oxygen atoms in total. The molecule has 3 rings (SSSR count). The smallest absolute Gasteiger partial charge is 0.387 e. The minimum Gasteiger partial charge on any atom is -0.493 e. The van der Waals surface area contributed by atoms with E-state index in [9.17, 15) is 18.4 Å². The van der Waals surface area contributed by atoms with Gasteiger partial charge in [0.05, 0.1) is 18.5 Å². The third kappa shape index (κ3) is 4.99. The van der Waals surface area contributed by atoms with Crippen LogP contribution in [-0.2, 0) is 6.42 Å². The number of hydrogen-bond donors (Lipinski definition) is 1. The molecule has 164 valence electrons. The first-order valence-corrected chi connectivity index (χ1v) is 9.73. The first-order chi connectivity index (χ1) is 14.8. The fraction of sp³-hybridized carbons (Fsp3) is 0.318. The molecule has 0 bridgehead atoms. The van der Waals surface area contributed by atoms with Gasteiger partial charge in [0, 0.05) is 11.9 Å². The van der Waals surface area contributed by atoms with Gasteiger partial charge < -0.3 is 14.8 Å². The second-order valence-electron chi connectivity index (χ2n) is 7.11. The van der Waals surface area contributed by atoms with Crippen LogP contribution in [0.5, 0.6) is 11.5 Å². The van der Waals surface area contributed by atoms with Gasteiger partial charge in [0.2, 0.25) is 0 Å². The quantitative estimate of drug-likeness (QED) is 0.590. The van der Waals surface area contributed by atoms with Crippen LogP contribution in [0.1, 0.15) is 35.9 Å². The van der Waals surface area contributed by atoms with Crippen LogP contribution in [0.15, 0.2) is 47.3 Å². The zero-order valence-corrected chi connectivity index (χ0v) is 17.4. The van der Waals surface area contributed by atoms with Gasteiger partial charge in [-0.1, -0.05) is 24.3 Å². The second kappa shape index (κ2) is 9.55. The van der Waals surface area contributed by atoms with Gasteiger partial charge in [0.1, 0.15) is 0 Å². The predicted molar refractivity (Wildman–Crippen MR) is 112 cm³/mol. The lowest BCUT2D eigenvalue weighted by atomic mass is 10.1. The monoisotopic (exact) mass is 431 g/mol. The number of nitrogens with one attached hydrogen (secondary N) is 1. The van der Waals surface area contributed by atoms with Gasteiger partial charge in [-0.05, 0) is 44.0 Å². The Kier molecular flexibility index (Phi) is 6.84. The van der Waals surface area contributed by atoms with E-state index in [0.29, 0.717) is 22.8 Å². The van der Waals surface area contributed by atoms with E-state index in [1.54, 1.807) is 30.3 Å². The highest BCUT2D eigenvalue weighted by Gasteiger charge is 2.18. The summed E-state index contributed by atoms with van der Waals surface area (Å²) in [5.74, 6) is -0.305. The van der Waals surface area contributed by atoms with E-state index >= 15 is 0 Å². The number of hydrogen-bond acceptors (Lipinski definition) is 5. The largest absolute Gasteiger partial charge is 0.493 e. The molecule has 3 aromatic rings. The summed E-state index contributed by atoms with van der Waals surface area (Å²) >= 11 is 0. The zero-order valence-electron chi connectivity index (χ0n) is 17.4. The Labute approximate surface area is 177 Å². The van der Waals surface area contributed by atoms with Gasteiger partial charge >= 0.3 is 6.61 Å². The van der Waals surface area contributed by atoms with Crippen molar-refractivity contribution >= 4 is 16.7 Å². The van der Waals surface area contributed by atoms with Crippen molar-refractivity contribution in [2.75, 3.05) is 13.7 Å². The fourth-order valence-electron chi connectivity index (χ4n) is 3.19. The van der Waals surface area contributed by atoms with Crippen LogP contribution < -0.4 is 20.3 Å². The van der Waals surface area contributed by atoms with E-state index in [1.807, 2.05) is 13.8 Å². The standard InChI is InChI=1S/C22H23F2N3O4/c1-13(2)27-21(29)16-7-5-4-6-15(16)19(26-27)20(28)25-11-10-14-8-9-17(30-3)18(12-14)31-22(23)24/h4-9,12-13,22H,10-11H2,1-3H3,(H,25,28). The van der Waals surface area contributed by atoms with Crippen LogP contribution in [0.3, 0.4) is 0 Å². The SMILES string of the molecule is COc1ccc(CCNC(=O)c2nn(C(C)C)c(=O)c3ccccc23)cc1OC(F)F. The number of nitrogens with zero attached hydrogens (tertiary/aromatic N) is 2. The van der Waals surface area contributed by atoms with Crippen molar-refractivity contribution in [1.82, 2.24) is 15.1 Å². The number of fused-ring (bicyclic) bond motifs is 1. The summed E-state index contributed by atoms with van der Waals surface area (Å²) in [6.07, 6.45) is 0.372. The van der Waals surface area contributed by atoms with E-state index < -0.39 is 12.5 Å². The van der Waals surface area contributed by atoms with Crippen LogP contribution in [0.25, 0.3) is 10.8 Å². The van der Waals surface area contributed by atoms with E-state index in [0.717, 1.165) is 0 Å². The van der Waals surface area contributed by atoms with Gasteiger partial charge in [-0.15, -0.1) is 0 Å². The normalized spacial score (nSPS) is 11.2. The Morgan fingerprint density at radius 2 is 1.84 bits per heavy atom. The van der Waals surface area contributed by atoms with Crippen molar-refractivity contribution in [1.29, 1.82) is 0 Å². The molecule has 0 saturated heterocycles. The third-order valence-corrected chi connectivity index (χ3v) is 4.68. The molecule has 1 aromatic heterocycles. The molecule has 9 heteroatoms. The number of carbonyl (C=O) groups excluding carboxylic acids is 1. The van der Waals surface area contributed by atoms with Crippen LogP contribution in [-0.4, -0.2) is 36.0 Å². The highest BCUT2D eigenvalue weighted by molar-refractivity contribution is 6.04. The van der Waals surface area contributed by atoms with Gasteiger partial charge in [-0.2, -0.15) is 13.9 Å². The Balaban J connectivity index is 1.78. The van der Waals surface area contributed by atoms with Gasteiger partial charge in [0.25, 0.3) is 11.5 Å². The average Bonchev–Trinajstić information content (AvgIpc) is 2.73. The molecule has 0 aliphatic rings. The molecule has 0 unspecified atom stereocenters. The van der Waals surface area contributed by atoms with Crippen molar-refractivity contribution in [2.45, 2.75) is 32.9 Å². The van der Waals surface area contributed by atoms with Crippen molar-refractivity contribution in [2.24, 2.45) is 0 Å². The average molecular weight is 431 g/mol. The Bertz CT molecular complexity index is 1150. The van der Waals surface area contributed by atoms with Gasteiger partial charge in [-0.3, -0.25) is 9.59 Å². The molecule has 0 saturated carbocycles. The predicted octanol–water partition coefficient (Wildman–Crippen LogP) is 3.56. The molecule has 31 heavy (non-hydrogen) atoms. The maximum atomic E-state index is 12.8. The Morgan fingerprint density at radius 1 is 1.13 bits per heavy atom. The number of benzene rings is 2. The highest BCUT2D eigenvalue weighted by atomic mass is 19.3. The summed E-state index contributed by atoms with van der Waals surface area (Å²) in [5.41, 5.74) is 0.578. The van der Waals surface area contributed by atoms with Gasteiger partial charge in [0.15, 0.2) is 17.2 Å². The van der Waals surface area contributed by atoms with Crippen LogP contribution in [0, 0.1) is 0 Å². The number of aromatic nitrogens is 2. The molecule has 0 aliphatic carbocycles. The third-order valence-electron chi connectivity index (χ3n) is 4.68. The number of amides is 1. The van der Waals surface area contributed by atoms with Crippen LogP contribution in [0.4, 0.5) is 8.78 Å². The van der Waals surface area contributed by atoms with Gasteiger partial charge in [-0.25, -0.2) is 4.68 Å². The van der Waals surface area contributed by atoms with E-state index in [-0.39, 0.29) is 35.3 Å². The summed E-state index contributed by atoms with van der Waals surface area (Å²) in [7, 11) is 1.36. The minimum atomic E-state index is -2.97. The van der Waals surface area contributed by atoms with E-state index in [4.69, 9.17) is 4.74 Å². The zero-order chi connectivity index (χ0) is 22.5. The summed E-state index contributed by atoms with van der Waals surface area (Å²) < 4.78 is 36.0. The molecule has 0 atom stereocenters. The lowest BCUT2D eigenvalue weighted by Gasteiger charge is -2.14. The number of carbonyl (C=O) groups is 1. The van der Waals surface area contributed by atoms with Crippen molar-refractivity contribution in [3.63, 3.8) is 0 Å². The molecular formula is C22H23F2N3O4. The number of alkyl halides is 2. The topological polar surface area (TPSA) is 82.5 Å². The molecule has 2 aromatic carbocycles. The fourth-order valence-corrected chi connectivity index (χ4v) is 3.19. The number of ether oxygens (including phenoxy) is 2. The number of methoxy groups -OCH3 is 1. The lowest BCUT2D eigenvalue weighted by Crippen LogP contribution is -2.32. The summed E-state index contributed by atoms with van der Waals surface area (Å²) in [5, 5.41) is 7.93. The summed E-state index contributed by atoms with van der Waals surface area (Å²) in [4.78, 5) is 25.4. The van der Waals surface area contributed by atoms with E-state index in [2.05, 4.69) is 15.2 Å².